The molecule has 0 saturated carbocycles. The molecule has 0 bridgehead atoms. The van der Waals surface area contributed by atoms with Gasteiger partial charge in [0.05, 0.1) is 20.3 Å². The van der Waals surface area contributed by atoms with E-state index in [1.54, 1.807) is 14.2 Å². The van der Waals surface area contributed by atoms with Crippen LogP contribution >= 0.6 is 11.6 Å². The first kappa shape index (κ1) is 16.4. The van der Waals surface area contributed by atoms with Gasteiger partial charge in [0.2, 0.25) is 0 Å². The summed E-state index contributed by atoms with van der Waals surface area (Å²) in [6.07, 6.45) is 2.32. The van der Waals surface area contributed by atoms with E-state index < -0.39 is 0 Å². The lowest BCUT2D eigenvalue weighted by Crippen LogP contribution is -2.31. The summed E-state index contributed by atoms with van der Waals surface area (Å²) in [4.78, 5) is 0. The van der Waals surface area contributed by atoms with Crippen molar-refractivity contribution in [3.8, 4) is 11.5 Å². The second kappa shape index (κ2) is 7.34. The summed E-state index contributed by atoms with van der Waals surface area (Å²) >= 11 is 6.38. The van der Waals surface area contributed by atoms with Crippen LogP contribution in [0, 0.1) is 5.92 Å². The Kier molecular flexibility index (Phi) is 5.73. The average molecular weight is 314 g/mol. The topological polar surface area (TPSA) is 39.7 Å². The molecule has 0 amide bonds. The Labute approximate surface area is 131 Å². The Morgan fingerprint density at radius 1 is 1.38 bits per heavy atom. The van der Waals surface area contributed by atoms with Gasteiger partial charge >= 0.3 is 0 Å². The summed E-state index contributed by atoms with van der Waals surface area (Å²) in [5.41, 5.74) is 1.06. The van der Waals surface area contributed by atoms with Gasteiger partial charge in [0.1, 0.15) is 16.5 Å². The molecular weight excluding hydrogens is 290 g/mol. The highest BCUT2D eigenvalue weighted by Crippen LogP contribution is 2.43. The Balaban J connectivity index is 2.40. The molecule has 1 aliphatic rings. The molecule has 2 rings (SSSR count). The van der Waals surface area contributed by atoms with Gasteiger partial charge in [-0.15, -0.1) is 0 Å². The average Bonchev–Trinajstić information content (AvgIpc) is 2.97. The van der Waals surface area contributed by atoms with Crippen molar-refractivity contribution in [1.82, 2.24) is 5.32 Å². The van der Waals surface area contributed by atoms with E-state index in [1.807, 2.05) is 19.2 Å². The normalized spacial score (nSPS) is 23.1. The third-order valence-electron chi connectivity index (χ3n) is 4.25. The van der Waals surface area contributed by atoms with Gasteiger partial charge in [-0.2, -0.15) is 0 Å². The summed E-state index contributed by atoms with van der Waals surface area (Å²) < 4.78 is 16.6. The number of halogens is 1. The molecule has 1 aromatic rings. The molecule has 5 heteroatoms. The Bertz CT molecular complexity index is 481. The molecule has 1 heterocycles. The zero-order valence-corrected chi connectivity index (χ0v) is 13.9. The van der Waals surface area contributed by atoms with Crippen LogP contribution in [-0.2, 0) is 4.74 Å². The van der Waals surface area contributed by atoms with Crippen LogP contribution in [0.3, 0.4) is 0 Å². The highest BCUT2D eigenvalue weighted by atomic mass is 35.5. The predicted molar refractivity (Wildman–Crippen MR) is 84.5 cm³/mol. The van der Waals surface area contributed by atoms with Gasteiger partial charge in [-0.1, -0.05) is 18.5 Å². The van der Waals surface area contributed by atoms with Crippen molar-refractivity contribution in [3.63, 3.8) is 0 Å². The van der Waals surface area contributed by atoms with Gasteiger partial charge < -0.3 is 19.5 Å². The van der Waals surface area contributed by atoms with Crippen molar-refractivity contribution in [3.05, 3.63) is 22.7 Å². The number of rotatable bonds is 6. The highest BCUT2D eigenvalue weighted by Gasteiger charge is 2.35. The van der Waals surface area contributed by atoms with E-state index in [4.69, 9.17) is 25.8 Å². The molecule has 0 aliphatic carbocycles. The fraction of sp³-hybridized carbons (Fsp3) is 0.625. The Hall–Kier alpha value is -0.970. The first-order valence-electron chi connectivity index (χ1n) is 7.37. The lowest BCUT2D eigenvalue weighted by Gasteiger charge is -2.29. The minimum Gasteiger partial charge on any atom is -0.495 e. The van der Waals surface area contributed by atoms with Gasteiger partial charge in [0.25, 0.3) is 0 Å². The Morgan fingerprint density at radius 3 is 2.71 bits per heavy atom. The number of ether oxygens (including phenoxy) is 3. The minimum atomic E-state index is 0.149. The van der Waals surface area contributed by atoms with E-state index in [9.17, 15) is 0 Å². The predicted octanol–water partition coefficient (Wildman–Crippen LogP) is 3.43. The second-order valence-electron chi connectivity index (χ2n) is 5.24. The van der Waals surface area contributed by atoms with Gasteiger partial charge in [-0.25, -0.2) is 0 Å². The van der Waals surface area contributed by atoms with Gasteiger partial charge in [-0.05, 0) is 32.0 Å². The standard InChI is InChI=1S/C16H24ClNO3/c1-5-12-10(8-9-21-12)15(18-2)11-6-7-13(19-3)14(17)16(11)20-4/h6-7,10,12,15,18H,5,8-9H2,1-4H3. The van der Waals surface area contributed by atoms with Crippen molar-refractivity contribution in [2.45, 2.75) is 31.9 Å². The van der Waals surface area contributed by atoms with Gasteiger partial charge in [0.15, 0.2) is 0 Å². The molecule has 0 radical (unpaired) electrons. The molecule has 1 fully saturated rings. The fourth-order valence-corrected chi connectivity index (χ4v) is 3.56. The minimum absolute atomic E-state index is 0.149. The van der Waals surface area contributed by atoms with E-state index in [-0.39, 0.29) is 12.1 Å². The van der Waals surface area contributed by atoms with E-state index in [2.05, 4.69) is 12.2 Å². The van der Waals surface area contributed by atoms with Crippen molar-refractivity contribution >= 4 is 11.6 Å². The van der Waals surface area contributed by atoms with Crippen LogP contribution in [0.15, 0.2) is 12.1 Å². The van der Waals surface area contributed by atoms with Gasteiger partial charge in [-0.3, -0.25) is 0 Å². The fourth-order valence-electron chi connectivity index (χ4n) is 3.23. The molecule has 1 N–H and O–H groups in total. The molecular formula is C16H24ClNO3. The summed E-state index contributed by atoms with van der Waals surface area (Å²) in [5.74, 6) is 1.72. The quantitative estimate of drug-likeness (QED) is 0.873. The zero-order valence-electron chi connectivity index (χ0n) is 13.1. The first-order valence-corrected chi connectivity index (χ1v) is 7.74. The molecule has 1 aromatic carbocycles. The number of hydrogen-bond acceptors (Lipinski definition) is 4. The van der Waals surface area contributed by atoms with E-state index in [0.29, 0.717) is 22.4 Å². The summed E-state index contributed by atoms with van der Waals surface area (Å²) in [7, 11) is 5.21. The Morgan fingerprint density at radius 2 is 2.14 bits per heavy atom. The van der Waals surface area contributed by atoms with Crippen LogP contribution in [0.4, 0.5) is 0 Å². The van der Waals surface area contributed by atoms with E-state index in [0.717, 1.165) is 25.0 Å². The molecule has 118 valence electrons. The smallest absolute Gasteiger partial charge is 0.146 e. The second-order valence-corrected chi connectivity index (χ2v) is 5.62. The van der Waals surface area contributed by atoms with Crippen molar-refractivity contribution in [1.29, 1.82) is 0 Å². The number of hydrogen-bond donors (Lipinski definition) is 1. The number of nitrogens with one attached hydrogen (secondary N) is 1. The number of benzene rings is 1. The van der Waals surface area contributed by atoms with Crippen LogP contribution in [-0.4, -0.2) is 34.0 Å². The van der Waals surface area contributed by atoms with Crippen LogP contribution < -0.4 is 14.8 Å². The molecule has 0 aromatic heterocycles. The molecule has 0 spiro atoms. The summed E-state index contributed by atoms with van der Waals surface area (Å²) in [6, 6.07) is 4.06. The van der Waals surface area contributed by atoms with Crippen LogP contribution in [0.5, 0.6) is 11.5 Å². The summed E-state index contributed by atoms with van der Waals surface area (Å²) in [5, 5.41) is 3.92. The van der Waals surface area contributed by atoms with Crippen molar-refractivity contribution in [2.24, 2.45) is 5.92 Å². The molecule has 3 atom stereocenters. The first-order chi connectivity index (χ1) is 10.2. The monoisotopic (exact) mass is 313 g/mol. The van der Waals surface area contributed by atoms with E-state index >= 15 is 0 Å². The van der Waals surface area contributed by atoms with Crippen LogP contribution in [0.2, 0.25) is 5.02 Å². The molecule has 1 saturated heterocycles. The molecule has 1 aliphatic heterocycles. The van der Waals surface area contributed by atoms with Crippen molar-refractivity contribution < 1.29 is 14.2 Å². The van der Waals surface area contributed by atoms with Gasteiger partial charge in [0, 0.05) is 24.1 Å². The third-order valence-corrected chi connectivity index (χ3v) is 4.61. The van der Waals surface area contributed by atoms with Crippen LogP contribution in [0.25, 0.3) is 0 Å². The highest BCUT2D eigenvalue weighted by molar-refractivity contribution is 6.33. The maximum Gasteiger partial charge on any atom is 0.146 e. The zero-order chi connectivity index (χ0) is 15.4. The molecule has 21 heavy (non-hydrogen) atoms. The molecule has 4 nitrogen and oxygen atoms in total. The lowest BCUT2D eigenvalue weighted by atomic mass is 9.86. The largest absolute Gasteiger partial charge is 0.495 e. The lowest BCUT2D eigenvalue weighted by molar-refractivity contribution is 0.0780. The SMILES string of the molecule is CCC1OCCC1C(NC)c1ccc(OC)c(Cl)c1OC. The van der Waals surface area contributed by atoms with Crippen molar-refractivity contribution in [2.75, 3.05) is 27.9 Å². The van der Waals surface area contributed by atoms with E-state index in [1.165, 1.54) is 0 Å². The van der Waals surface area contributed by atoms with Crippen LogP contribution in [0.1, 0.15) is 31.4 Å². The summed E-state index contributed by atoms with van der Waals surface area (Å²) in [6.45, 7) is 2.97. The molecule has 3 unspecified atom stereocenters. The third kappa shape index (κ3) is 3.12. The number of methoxy groups -OCH3 is 2. The maximum atomic E-state index is 6.38. The maximum absolute atomic E-state index is 6.38.